The van der Waals surface area contributed by atoms with Crippen LogP contribution in [0, 0.1) is 11.8 Å². The molecule has 1 aromatic heterocycles. The quantitative estimate of drug-likeness (QED) is 0.797. The van der Waals surface area contributed by atoms with Crippen molar-refractivity contribution in [1.29, 1.82) is 0 Å². The molecule has 5 heteroatoms. The summed E-state index contributed by atoms with van der Waals surface area (Å²) >= 11 is 0. The first-order valence-corrected chi connectivity index (χ1v) is 5.68. The number of hydrogen-bond acceptors (Lipinski definition) is 2. The highest BCUT2D eigenvalue weighted by molar-refractivity contribution is 5.93. The predicted molar refractivity (Wildman–Crippen MR) is 66.4 cm³/mol. The lowest BCUT2D eigenvalue weighted by Gasteiger charge is -2.17. The molecule has 0 atom stereocenters. The van der Waals surface area contributed by atoms with Gasteiger partial charge in [-0.15, -0.1) is 0 Å². The maximum atomic E-state index is 13.4. The fraction of sp³-hybridized carbons (Fsp3) is 0.143. The van der Waals surface area contributed by atoms with Gasteiger partial charge in [-0.3, -0.25) is 4.79 Å². The van der Waals surface area contributed by atoms with Crippen LogP contribution >= 0.6 is 0 Å². The minimum Gasteiger partial charge on any atom is -0.337 e. The molecule has 0 saturated heterocycles. The van der Waals surface area contributed by atoms with Gasteiger partial charge in [0.05, 0.1) is 5.56 Å². The molecule has 2 rings (SSSR count). The number of rotatable bonds is 3. The summed E-state index contributed by atoms with van der Waals surface area (Å²) in [4.78, 5) is 16.8. The van der Waals surface area contributed by atoms with E-state index < -0.39 is 11.9 Å². The number of aromatic nitrogens is 1. The van der Waals surface area contributed by atoms with Crippen LogP contribution in [-0.4, -0.2) is 22.8 Å². The van der Waals surface area contributed by atoms with Gasteiger partial charge in [0.2, 0.25) is 5.95 Å². The van der Waals surface area contributed by atoms with Crippen LogP contribution in [0.25, 0.3) is 0 Å². The average molecular weight is 262 g/mol. The van der Waals surface area contributed by atoms with Crippen molar-refractivity contribution in [3.05, 3.63) is 65.5 Å². The first kappa shape index (κ1) is 13.1. The van der Waals surface area contributed by atoms with E-state index in [0.717, 1.165) is 5.56 Å². The van der Waals surface area contributed by atoms with Gasteiger partial charge >= 0.3 is 0 Å². The number of halogens is 2. The Bertz CT molecular complexity index is 584. The Morgan fingerprint density at radius 1 is 1.21 bits per heavy atom. The number of hydrogen-bond donors (Lipinski definition) is 0. The minimum atomic E-state index is -0.793. The number of benzene rings is 1. The SMILES string of the molecule is CN(Cc1ccc(F)cc1)C(=O)c1cccnc1F. The topological polar surface area (TPSA) is 33.2 Å². The van der Waals surface area contributed by atoms with Crippen molar-refractivity contribution in [2.24, 2.45) is 0 Å². The standard InChI is InChI=1S/C14H12F2N2O/c1-18(9-10-4-6-11(15)7-5-10)14(19)12-3-2-8-17-13(12)16/h2-8H,9H2,1H3. The molecule has 0 aliphatic heterocycles. The highest BCUT2D eigenvalue weighted by Crippen LogP contribution is 2.10. The summed E-state index contributed by atoms with van der Waals surface area (Å²) in [6.07, 6.45) is 1.28. The monoisotopic (exact) mass is 262 g/mol. The lowest BCUT2D eigenvalue weighted by molar-refractivity contribution is 0.0779. The van der Waals surface area contributed by atoms with E-state index in [1.54, 1.807) is 19.2 Å². The second-order valence-electron chi connectivity index (χ2n) is 4.13. The van der Waals surface area contributed by atoms with Crippen molar-refractivity contribution < 1.29 is 13.6 Å². The third-order valence-corrected chi connectivity index (χ3v) is 2.67. The predicted octanol–water partition coefficient (Wildman–Crippen LogP) is 2.63. The van der Waals surface area contributed by atoms with Crippen LogP contribution in [0.4, 0.5) is 8.78 Å². The van der Waals surface area contributed by atoms with E-state index in [1.165, 1.54) is 35.4 Å². The zero-order valence-corrected chi connectivity index (χ0v) is 10.3. The molecular weight excluding hydrogens is 250 g/mol. The molecule has 0 spiro atoms. The molecule has 0 aliphatic rings. The number of pyridine rings is 1. The van der Waals surface area contributed by atoms with E-state index in [-0.39, 0.29) is 17.9 Å². The van der Waals surface area contributed by atoms with Crippen molar-refractivity contribution in [3.63, 3.8) is 0 Å². The molecule has 1 heterocycles. The molecule has 0 fully saturated rings. The van der Waals surface area contributed by atoms with E-state index in [1.807, 2.05) is 0 Å². The third-order valence-electron chi connectivity index (χ3n) is 2.67. The molecule has 0 bridgehead atoms. The normalized spacial score (nSPS) is 10.3. The summed E-state index contributed by atoms with van der Waals surface area (Å²) < 4.78 is 26.1. The van der Waals surface area contributed by atoms with Crippen LogP contribution in [0.15, 0.2) is 42.6 Å². The van der Waals surface area contributed by atoms with Crippen molar-refractivity contribution in [2.75, 3.05) is 7.05 Å². The molecule has 1 aromatic carbocycles. The summed E-state index contributed by atoms with van der Waals surface area (Å²) in [5, 5.41) is 0. The molecule has 3 nitrogen and oxygen atoms in total. The van der Waals surface area contributed by atoms with Crippen LogP contribution in [0.1, 0.15) is 15.9 Å². The smallest absolute Gasteiger partial charge is 0.258 e. The largest absolute Gasteiger partial charge is 0.337 e. The van der Waals surface area contributed by atoms with Gasteiger partial charge in [0.15, 0.2) is 0 Å². The van der Waals surface area contributed by atoms with Gasteiger partial charge in [0.1, 0.15) is 5.82 Å². The fourth-order valence-corrected chi connectivity index (χ4v) is 1.69. The Balaban J connectivity index is 2.12. The zero-order chi connectivity index (χ0) is 13.8. The molecular formula is C14H12F2N2O. The van der Waals surface area contributed by atoms with Gasteiger partial charge in [-0.1, -0.05) is 12.1 Å². The number of amides is 1. The summed E-state index contributed by atoms with van der Waals surface area (Å²) in [5.74, 6) is -1.59. The minimum absolute atomic E-state index is 0.0767. The lowest BCUT2D eigenvalue weighted by atomic mass is 10.2. The average Bonchev–Trinajstić information content (AvgIpc) is 2.41. The highest BCUT2D eigenvalue weighted by atomic mass is 19.1. The second-order valence-corrected chi connectivity index (χ2v) is 4.13. The van der Waals surface area contributed by atoms with E-state index in [4.69, 9.17) is 0 Å². The van der Waals surface area contributed by atoms with E-state index in [2.05, 4.69) is 4.98 Å². The van der Waals surface area contributed by atoms with Crippen molar-refractivity contribution in [3.8, 4) is 0 Å². The number of carbonyl (C=O) groups excluding carboxylic acids is 1. The Labute approximate surface area is 109 Å². The first-order chi connectivity index (χ1) is 9.08. The molecule has 2 aromatic rings. The lowest BCUT2D eigenvalue weighted by Crippen LogP contribution is -2.27. The molecule has 98 valence electrons. The van der Waals surface area contributed by atoms with Gasteiger partial charge in [0.25, 0.3) is 5.91 Å². The third kappa shape index (κ3) is 3.13. The zero-order valence-electron chi connectivity index (χ0n) is 10.3. The molecule has 0 unspecified atom stereocenters. The van der Waals surface area contributed by atoms with Crippen LogP contribution in [0.5, 0.6) is 0 Å². The molecule has 0 aliphatic carbocycles. The molecule has 1 amide bonds. The second kappa shape index (κ2) is 5.56. The highest BCUT2D eigenvalue weighted by Gasteiger charge is 2.16. The summed E-state index contributed by atoms with van der Waals surface area (Å²) in [5.41, 5.74) is 0.689. The molecule has 19 heavy (non-hydrogen) atoms. The number of carbonyl (C=O) groups is 1. The van der Waals surface area contributed by atoms with Gasteiger partial charge < -0.3 is 4.90 Å². The Hall–Kier alpha value is -2.30. The van der Waals surface area contributed by atoms with Crippen molar-refractivity contribution in [2.45, 2.75) is 6.54 Å². The van der Waals surface area contributed by atoms with Gasteiger partial charge in [-0.2, -0.15) is 4.39 Å². The Morgan fingerprint density at radius 2 is 1.89 bits per heavy atom. The first-order valence-electron chi connectivity index (χ1n) is 5.68. The van der Waals surface area contributed by atoms with Gasteiger partial charge in [-0.05, 0) is 29.8 Å². The van der Waals surface area contributed by atoms with Gasteiger partial charge in [0, 0.05) is 19.8 Å². The van der Waals surface area contributed by atoms with Crippen LogP contribution < -0.4 is 0 Å². The Kier molecular flexibility index (Phi) is 3.85. The van der Waals surface area contributed by atoms with E-state index in [0.29, 0.717) is 0 Å². The molecule has 0 radical (unpaired) electrons. The van der Waals surface area contributed by atoms with Crippen molar-refractivity contribution >= 4 is 5.91 Å². The van der Waals surface area contributed by atoms with E-state index >= 15 is 0 Å². The Morgan fingerprint density at radius 3 is 2.53 bits per heavy atom. The molecule has 0 N–H and O–H groups in total. The summed E-state index contributed by atoms with van der Waals surface area (Å²) in [6, 6.07) is 8.68. The maximum absolute atomic E-state index is 13.4. The van der Waals surface area contributed by atoms with Crippen LogP contribution in [0.3, 0.4) is 0 Å². The van der Waals surface area contributed by atoms with Crippen LogP contribution in [0.2, 0.25) is 0 Å². The summed E-state index contributed by atoms with van der Waals surface area (Å²) in [7, 11) is 1.55. The maximum Gasteiger partial charge on any atom is 0.258 e. The van der Waals surface area contributed by atoms with Crippen LogP contribution in [-0.2, 0) is 6.54 Å². The van der Waals surface area contributed by atoms with E-state index in [9.17, 15) is 13.6 Å². The summed E-state index contributed by atoms with van der Waals surface area (Å²) in [6.45, 7) is 0.271. The van der Waals surface area contributed by atoms with Crippen molar-refractivity contribution in [1.82, 2.24) is 9.88 Å². The molecule has 0 saturated carbocycles. The fourth-order valence-electron chi connectivity index (χ4n) is 1.69. The van der Waals surface area contributed by atoms with Gasteiger partial charge in [-0.25, -0.2) is 9.37 Å². The number of nitrogens with zero attached hydrogens (tertiary/aromatic N) is 2.